The van der Waals surface area contributed by atoms with Gasteiger partial charge >= 0.3 is 0 Å². The van der Waals surface area contributed by atoms with Crippen molar-refractivity contribution in [1.29, 1.82) is 0 Å². The van der Waals surface area contributed by atoms with Crippen molar-refractivity contribution >= 4 is 0 Å². The molecule has 0 aromatic carbocycles. The van der Waals surface area contributed by atoms with Crippen molar-refractivity contribution in [1.82, 2.24) is 10.2 Å². The molecule has 1 N–H and O–H groups in total. The highest BCUT2D eigenvalue weighted by Crippen LogP contribution is 2.21. The van der Waals surface area contributed by atoms with E-state index < -0.39 is 0 Å². The molecule has 94 valence electrons. The molecule has 0 radical (unpaired) electrons. The van der Waals surface area contributed by atoms with Gasteiger partial charge in [0.25, 0.3) is 0 Å². The Hall–Kier alpha value is -0.120. The van der Waals surface area contributed by atoms with Crippen LogP contribution in [0.25, 0.3) is 0 Å². The number of likely N-dealkylation sites (N-methyl/N-ethyl adjacent to an activating group) is 1. The Morgan fingerprint density at radius 3 is 2.94 bits per heavy atom. The number of likely N-dealkylation sites (tertiary alicyclic amines) is 1. The number of nitrogens with one attached hydrogen (secondary N) is 1. The predicted octanol–water partition coefficient (Wildman–Crippen LogP) is 1.49. The van der Waals surface area contributed by atoms with Gasteiger partial charge < -0.3 is 10.1 Å². The Balaban J connectivity index is 1.80. The average Bonchev–Trinajstić information content (AvgIpc) is 2.33. The van der Waals surface area contributed by atoms with Gasteiger partial charge in [-0.1, -0.05) is 6.42 Å². The van der Waals surface area contributed by atoms with Gasteiger partial charge in [-0.25, -0.2) is 0 Å². The van der Waals surface area contributed by atoms with Gasteiger partial charge in [-0.2, -0.15) is 0 Å². The molecule has 0 aromatic heterocycles. The van der Waals surface area contributed by atoms with Crippen LogP contribution in [0.15, 0.2) is 0 Å². The monoisotopic (exact) mass is 226 g/mol. The van der Waals surface area contributed by atoms with Crippen LogP contribution in [0.1, 0.15) is 32.1 Å². The summed E-state index contributed by atoms with van der Waals surface area (Å²) in [5.74, 6) is 0.784. The molecular formula is C13H26N2O. The maximum absolute atomic E-state index is 5.58. The Morgan fingerprint density at radius 1 is 1.25 bits per heavy atom. The Bertz CT molecular complexity index is 190. The van der Waals surface area contributed by atoms with Crippen molar-refractivity contribution in [2.24, 2.45) is 5.92 Å². The van der Waals surface area contributed by atoms with E-state index in [0.717, 1.165) is 31.7 Å². The number of ether oxygens (including phenoxy) is 1. The van der Waals surface area contributed by atoms with Gasteiger partial charge in [0.15, 0.2) is 0 Å². The maximum atomic E-state index is 5.58. The minimum Gasteiger partial charge on any atom is -0.381 e. The van der Waals surface area contributed by atoms with E-state index in [2.05, 4.69) is 17.3 Å². The molecule has 16 heavy (non-hydrogen) atoms. The average molecular weight is 226 g/mol. The summed E-state index contributed by atoms with van der Waals surface area (Å²) >= 11 is 0. The zero-order chi connectivity index (χ0) is 11.2. The van der Waals surface area contributed by atoms with Crippen LogP contribution in [0.5, 0.6) is 0 Å². The van der Waals surface area contributed by atoms with E-state index in [4.69, 9.17) is 4.74 Å². The summed E-state index contributed by atoms with van der Waals surface area (Å²) in [6.07, 6.45) is 6.78. The zero-order valence-corrected chi connectivity index (χ0v) is 10.6. The molecule has 2 aliphatic rings. The van der Waals surface area contributed by atoms with E-state index in [1.165, 1.54) is 45.2 Å². The van der Waals surface area contributed by atoms with Gasteiger partial charge in [0.05, 0.1) is 6.61 Å². The molecule has 0 bridgehead atoms. The summed E-state index contributed by atoms with van der Waals surface area (Å²) in [6, 6.07) is 0.765. The van der Waals surface area contributed by atoms with Crippen LogP contribution in [0.3, 0.4) is 0 Å². The molecule has 2 aliphatic heterocycles. The fourth-order valence-electron chi connectivity index (χ4n) is 3.05. The Labute approximate surface area is 99.5 Å². The lowest BCUT2D eigenvalue weighted by Gasteiger charge is -2.38. The predicted molar refractivity (Wildman–Crippen MR) is 66.7 cm³/mol. The fraction of sp³-hybridized carbons (Fsp3) is 1.00. The first kappa shape index (κ1) is 12.3. The minimum absolute atomic E-state index is 0.765. The molecule has 2 atom stereocenters. The van der Waals surface area contributed by atoms with Gasteiger partial charge in [0.2, 0.25) is 0 Å². The molecule has 0 amide bonds. The summed E-state index contributed by atoms with van der Waals surface area (Å²) in [5, 5.41) is 3.33. The molecule has 2 saturated heterocycles. The number of piperidine rings is 1. The third-order valence-electron chi connectivity index (χ3n) is 3.94. The maximum Gasteiger partial charge on any atom is 0.0506 e. The minimum atomic E-state index is 0.765. The van der Waals surface area contributed by atoms with Crippen molar-refractivity contribution in [2.45, 2.75) is 38.1 Å². The zero-order valence-electron chi connectivity index (χ0n) is 10.6. The first-order valence-electron chi connectivity index (χ1n) is 6.86. The molecule has 2 unspecified atom stereocenters. The molecule has 0 spiro atoms. The van der Waals surface area contributed by atoms with Crippen LogP contribution in [-0.4, -0.2) is 50.8 Å². The number of hydrogen-bond acceptors (Lipinski definition) is 3. The SMILES string of the molecule is CNCC1CCCCN1CC1CCCOC1. The summed E-state index contributed by atoms with van der Waals surface area (Å²) in [6.45, 7) is 5.67. The second kappa shape index (κ2) is 6.58. The van der Waals surface area contributed by atoms with E-state index in [0.29, 0.717) is 0 Å². The summed E-state index contributed by atoms with van der Waals surface area (Å²) in [4.78, 5) is 2.69. The van der Waals surface area contributed by atoms with Gasteiger partial charge in [-0.3, -0.25) is 4.90 Å². The third-order valence-corrected chi connectivity index (χ3v) is 3.94. The lowest BCUT2D eigenvalue weighted by Crippen LogP contribution is -2.47. The largest absolute Gasteiger partial charge is 0.381 e. The Morgan fingerprint density at radius 2 is 2.19 bits per heavy atom. The van der Waals surface area contributed by atoms with Crippen molar-refractivity contribution in [2.75, 3.05) is 39.9 Å². The summed E-state index contributed by atoms with van der Waals surface area (Å²) < 4.78 is 5.58. The van der Waals surface area contributed by atoms with Crippen molar-refractivity contribution in [3.63, 3.8) is 0 Å². The molecule has 2 rings (SSSR count). The quantitative estimate of drug-likeness (QED) is 0.786. The van der Waals surface area contributed by atoms with E-state index in [1.807, 2.05) is 0 Å². The topological polar surface area (TPSA) is 24.5 Å². The molecule has 3 heteroatoms. The first-order chi connectivity index (χ1) is 7.90. The molecule has 3 nitrogen and oxygen atoms in total. The van der Waals surface area contributed by atoms with Crippen LogP contribution in [0, 0.1) is 5.92 Å². The highest BCUT2D eigenvalue weighted by Gasteiger charge is 2.25. The molecule has 2 heterocycles. The van der Waals surface area contributed by atoms with Crippen LogP contribution in [0.2, 0.25) is 0 Å². The van der Waals surface area contributed by atoms with E-state index in [9.17, 15) is 0 Å². The van der Waals surface area contributed by atoms with E-state index in [-0.39, 0.29) is 0 Å². The van der Waals surface area contributed by atoms with Crippen LogP contribution in [-0.2, 0) is 4.74 Å². The molecule has 0 aromatic rings. The summed E-state index contributed by atoms with van der Waals surface area (Å²) in [5.41, 5.74) is 0. The van der Waals surface area contributed by atoms with Crippen LogP contribution < -0.4 is 5.32 Å². The van der Waals surface area contributed by atoms with E-state index >= 15 is 0 Å². The molecule has 2 fully saturated rings. The highest BCUT2D eigenvalue weighted by molar-refractivity contribution is 4.80. The molecule has 0 aliphatic carbocycles. The van der Waals surface area contributed by atoms with Crippen molar-refractivity contribution in [3.05, 3.63) is 0 Å². The number of hydrogen-bond donors (Lipinski definition) is 1. The second-order valence-corrected chi connectivity index (χ2v) is 5.29. The van der Waals surface area contributed by atoms with Crippen molar-refractivity contribution < 1.29 is 4.74 Å². The second-order valence-electron chi connectivity index (χ2n) is 5.29. The van der Waals surface area contributed by atoms with Gasteiger partial charge in [0.1, 0.15) is 0 Å². The van der Waals surface area contributed by atoms with Gasteiger partial charge in [-0.05, 0) is 45.2 Å². The summed E-state index contributed by atoms with van der Waals surface area (Å²) in [7, 11) is 2.07. The normalized spacial score (nSPS) is 32.8. The lowest BCUT2D eigenvalue weighted by molar-refractivity contribution is 0.0247. The highest BCUT2D eigenvalue weighted by atomic mass is 16.5. The van der Waals surface area contributed by atoms with Gasteiger partial charge in [-0.15, -0.1) is 0 Å². The third kappa shape index (κ3) is 3.44. The van der Waals surface area contributed by atoms with Gasteiger partial charge in [0, 0.05) is 25.7 Å². The first-order valence-corrected chi connectivity index (χ1v) is 6.86. The Kier molecular flexibility index (Phi) is 5.07. The standard InChI is InChI=1S/C13H26N2O/c1-14-9-13-6-2-3-7-15(13)10-12-5-4-8-16-11-12/h12-14H,2-11H2,1H3. The van der Waals surface area contributed by atoms with Crippen molar-refractivity contribution in [3.8, 4) is 0 Å². The van der Waals surface area contributed by atoms with E-state index in [1.54, 1.807) is 0 Å². The smallest absolute Gasteiger partial charge is 0.0506 e. The van der Waals surface area contributed by atoms with Crippen LogP contribution >= 0.6 is 0 Å². The molecule has 0 saturated carbocycles. The number of nitrogens with zero attached hydrogens (tertiary/aromatic N) is 1. The fourth-order valence-corrected chi connectivity index (χ4v) is 3.05. The number of rotatable bonds is 4. The molecular weight excluding hydrogens is 200 g/mol. The van der Waals surface area contributed by atoms with Crippen LogP contribution in [0.4, 0.5) is 0 Å². The lowest BCUT2D eigenvalue weighted by atomic mass is 9.97.